The number of halogens is 1. The van der Waals surface area contributed by atoms with Crippen LogP contribution in [-0.2, 0) is 22.6 Å². The largest absolute Gasteiger partial charge is 0.444 e. The van der Waals surface area contributed by atoms with Gasteiger partial charge < -0.3 is 14.4 Å². The number of aromatic nitrogens is 2. The van der Waals surface area contributed by atoms with Gasteiger partial charge in [0.2, 0.25) is 5.28 Å². The van der Waals surface area contributed by atoms with E-state index in [0.717, 1.165) is 23.6 Å². The third-order valence-corrected chi connectivity index (χ3v) is 4.19. The molecule has 0 spiro atoms. The van der Waals surface area contributed by atoms with Crippen LogP contribution in [0.4, 0.5) is 10.6 Å². The molecule has 3 heterocycles. The van der Waals surface area contributed by atoms with Gasteiger partial charge in [-0.05, 0) is 39.3 Å². The van der Waals surface area contributed by atoms with Crippen LogP contribution in [0, 0.1) is 0 Å². The van der Waals surface area contributed by atoms with E-state index in [9.17, 15) is 4.79 Å². The molecule has 1 amide bonds. The number of hydrogen-bond acceptors (Lipinski definition) is 6. The van der Waals surface area contributed by atoms with Crippen LogP contribution < -0.4 is 4.90 Å². The molecule has 1 aromatic heterocycles. The topological polar surface area (TPSA) is 67.8 Å². The highest BCUT2D eigenvalue weighted by molar-refractivity contribution is 6.28. The summed E-state index contributed by atoms with van der Waals surface area (Å²) < 4.78 is 11.0. The molecule has 0 aliphatic carbocycles. The minimum Gasteiger partial charge on any atom is -0.444 e. The van der Waals surface area contributed by atoms with E-state index < -0.39 is 5.60 Å². The van der Waals surface area contributed by atoms with Gasteiger partial charge in [0.15, 0.2) is 0 Å². The van der Waals surface area contributed by atoms with Gasteiger partial charge in [0.05, 0.1) is 38.0 Å². The fraction of sp³-hybridized carbons (Fsp3) is 0.688. The van der Waals surface area contributed by atoms with E-state index >= 15 is 0 Å². The van der Waals surface area contributed by atoms with E-state index in [1.807, 2.05) is 20.8 Å². The molecule has 1 fully saturated rings. The van der Waals surface area contributed by atoms with Crippen LogP contribution in [0.5, 0.6) is 0 Å². The minimum atomic E-state index is -0.531. The van der Waals surface area contributed by atoms with Crippen LogP contribution in [0.3, 0.4) is 0 Å². The summed E-state index contributed by atoms with van der Waals surface area (Å²) in [5, 5.41) is 0.202. The number of ether oxygens (including phenoxy) is 2. The van der Waals surface area contributed by atoms with Crippen molar-refractivity contribution >= 4 is 23.5 Å². The standard InChI is InChI=1S/C16H23ClN4O3/c1-10-9-23-6-5-21(10)13-11-7-20(15(22)24-16(2,3)4)8-12(11)18-14(17)19-13/h10H,5-9H2,1-4H3/t10-/m1/s1. The minimum absolute atomic E-state index is 0.199. The highest BCUT2D eigenvalue weighted by Gasteiger charge is 2.34. The number of carbonyl (C=O) groups excluding carboxylic acids is 1. The lowest BCUT2D eigenvalue weighted by atomic mass is 10.2. The molecule has 1 atom stereocenters. The van der Waals surface area contributed by atoms with Gasteiger partial charge in [0.1, 0.15) is 11.4 Å². The van der Waals surface area contributed by atoms with Gasteiger partial charge in [-0.2, -0.15) is 0 Å². The van der Waals surface area contributed by atoms with Crippen molar-refractivity contribution in [1.29, 1.82) is 0 Å². The maximum atomic E-state index is 12.4. The normalized spacial score (nSPS) is 21.0. The van der Waals surface area contributed by atoms with Crippen molar-refractivity contribution in [2.45, 2.75) is 52.4 Å². The van der Waals surface area contributed by atoms with Crippen LogP contribution in [0.15, 0.2) is 0 Å². The Hall–Kier alpha value is -1.60. The first-order valence-corrected chi connectivity index (χ1v) is 8.50. The van der Waals surface area contributed by atoms with Crippen molar-refractivity contribution in [2.75, 3.05) is 24.7 Å². The van der Waals surface area contributed by atoms with Crippen LogP contribution in [0.1, 0.15) is 39.0 Å². The smallest absolute Gasteiger partial charge is 0.410 e. The van der Waals surface area contributed by atoms with Gasteiger partial charge in [0.25, 0.3) is 0 Å². The number of anilines is 1. The van der Waals surface area contributed by atoms with Crippen molar-refractivity contribution in [2.24, 2.45) is 0 Å². The molecule has 8 heteroatoms. The molecule has 0 N–H and O–H groups in total. The fourth-order valence-corrected chi connectivity index (χ4v) is 3.13. The van der Waals surface area contributed by atoms with E-state index in [0.29, 0.717) is 26.3 Å². The molecular weight excluding hydrogens is 332 g/mol. The van der Waals surface area contributed by atoms with Crippen LogP contribution >= 0.6 is 11.6 Å². The van der Waals surface area contributed by atoms with E-state index in [1.165, 1.54) is 0 Å². The van der Waals surface area contributed by atoms with Gasteiger partial charge in [-0.1, -0.05) is 0 Å². The Morgan fingerprint density at radius 1 is 1.33 bits per heavy atom. The number of morpholine rings is 1. The van der Waals surface area contributed by atoms with Crippen molar-refractivity contribution < 1.29 is 14.3 Å². The van der Waals surface area contributed by atoms with Gasteiger partial charge >= 0.3 is 6.09 Å². The van der Waals surface area contributed by atoms with Crippen molar-refractivity contribution in [3.63, 3.8) is 0 Å². The number of rotatable bonds is 1. The summed E-state index contributed by atoms with van der Waals surface area (Å²) in [6, 6.07) is 0.199. The highest BCUT2D eigenvalue weighted by atomic mass is 35.5. The van der Waals surface area contributed by atoms with Gasteiger partial charge in [-0.15, -0.1) is 0 Å². The first-order valence-electron chi connectivity index (χ1n) is 8.12. The van der Waals surface area contributed by atoms with Crippen LogP contribution in [0.2, 0.25) is 5.28 Å². The predicted octanol–water partition coefficient (Wildman–Crippen LogP) is 2.61. The number of amides is 1. The SMILES string of the molecule is C[C@@H]1COCCN1c1nc(Cl)nc2c1CN(C(=O)OC(C)(C)C)C2. The average molecular weight is 355 g/mol. The lowest BCUT2D eigenvalue weighted by Gasteiger charge is -2.35. The molecule has 24 heavy (non-hydrogen) atoms. The molecular formula is C16H23ClN4O3. The Kier molecular flexibility index (Phi) is 4.57. The first-order chi connectivity index (χ1) is 11.2. The molecule has 0 aromatic carbocycles. The zero-order chi connectivity index (χ0) is 17.5. The molecule has 0 radical (unpaired) electrons. The molecule has 0 unspecified atom stereocenters. The Morgan fingerprint density at radius 3 is 2.75 bits per heavy atom. The molecule has 0 saturated carbocycles. The summed E-state index contributed by atoms with van der Waals surface area (Å²) in [6.07, 6.45) is -0.349. The van der Waals surface area contributed by atoms with E-state index in [-0.39, 0.29) is 17.4 Å². The first kappa shape index (κ1) is 17.2. The zero-order valence-corrected chi connectivity index (χ0v) is 15.3. The monoisotopic (exact) mass is 354 g/mol. The molecule has 2 aliphatic heterocycles. The number of hydrogen-bond donors (Lipinski definition) is 0. The zero-order valence-electron chi connectivity index (χ0n) is 14.5. The molecule has 0 bridgehead atoms. The number of nitrogens with zero attached hydrogens (tertiary/aromatic N) is 4. The Morgan fingerprint density at radius 2 is 2.08 bits per heavy atom. The summed E-state index contributed by atoms with van der Waals surface area (Å²) in [6.45, 7) is 10.5. The van der Waals surface area contributed by atoms with Crippen LogP contribution in [-0.4, -0.2) is 52.4 Å². The molecule has 1 saturated heterocycles. The Labute approximate surface area is 146 Å². The number of carbonyl (C=O) groups is 1. The molecule has 132 valence electrons. The summed E-state index contributed by atoms with van der Waals surface area (Å²) >= 11 is 6.11. The maximum absolute atomic E-state index is 12.4. The van der Waals surface area contributed by atoms with Gasteiger partial charge in [-0.3, -0.25) is 4.90 Å². The highest BCUT2D eigenvalue weighted by Crippen LogP contribution is 2.32. The van der Waals surface area contributed by atoms with Crippen LogP contribution in [0.25, 0.3) is 0 Å². The second-order valence-corrected chi connectivity index (χ2v) is 7.53. The van der Waals surface area contributed by atoms with E-state index in [2.05, 4.69) is 21.8 Å². The molecule has 2 aliphatic rings. The molecule has 1 aromatic rings. The fourth-order valence-electron chi connectivity index (χ4n) is 2.94. The lowest BCUT2D eigenvalue weighted by Crippen LogP contribution is -2.44. The predicted molar refractivity (Wildman–Crippen MR) is 90.2 cm³/mol. The number of fused-ring (bicyclic) bond motifs is 1. The summed E-state index contributed by atoms with van der Waals surface area (Å²) in [4.78, 5) is 24.9. The van der Waals surface area contributed by atoms with Gasteiger partial charge in [0, 0.05) is 12.1 Å². The Balaban J connectivity index is 1.86. The summed E-state index contributed by atoms with van der Waals surface area (Å²) in [5.74, 6) is 0.798. The second-order valence-electron chi connectivity index (χ2n) is 7.20. The third kappa shape index (κ3) is 3.57. The van der Waals surface area contributed by atoms with Crippen molar-refractivity contribution in [3.05, 3.63) is 16.5 Å². The third-order valence-electron chi connectivity index (χ3n) is 4.02. The Bertz CT molecular complexity index is 647. The molecule has 3 rings (SSSR count). The summed E-state index contributed by atoms with van der Waals surface area (Å²) in [5.41, 5.74) is 1.20. The van der Waals surface area contributed by atoms with Gasteiger partial charge in [-0.25, -0.2) is 14.8 Å². The van der Waals surface area contributed by atoms with E-state index in [4.69, 9.17) is 21.1 Å². The maximum Gasteiger partial charge on any atom is 0.410 e. The lowest BCUT2D eigenvalue weighted by molar-refractivity contribution is 0.0240. The second kappa shape index (κ2) is 6.37. The summed E-state index contributed by atoms with van der Waals surface area (Å²) in [7, 11) is 0. The average Bonchev–Trinajstić information content (AvgIpc) is 2.89. The quantitative estimate of drug-likeness (QED) is 0.722. The molecule has 7 nitrogen and oxygen atoms in total. The van der Waals surface area contributed by atoms with Crippen molar-refractivity contribution in [3.8, 4) is 0 Å². The van der Waals surface area contributed by atoms with E-state index in [1.54, 1.807) is 4.90 Å². The van der Waals surface area contributed by atoms with Crippen molar-refractivity contribution in [1.82, 2.24) is 14.9 Å².